The van der Waals surface area contributed by atoms with E-state index >= 15 is 0 Å². The Bertz CT molecular complexity index is 753. The highest BCUT2D eigenvalue weighted by Crippen LogP contribution is 2.15. The van der Waals surface area contributed by atoms with E-state index in [2.05, 4.69) is 0 Å². The molecule has 1 atom stereocenters. The number of carbonyl (C=O) groups is 2. The van der Waals surface area contributed by atoms with E-state index in [-0.39, 0.29) is 23.5 Å². The summed E-state index contributed by atoms with van der Waals surface area (Å²) < 4.78 is 13.0. The number of benzene rings is 2. The maximum Gasteiger partial charge on any atom is 0.253 e. The van der Waals surface area contributed by atoms with Crippen LogP contribution in [-0.4, -0.2) is 47.8 Å². The minimum atomic E-state index is -0.271. The standard InChI is InChI=1S/C21H23FN2O2/c1-16(15-17-7-9-19(22)10-8-17)20(25)23-11-13-24(14-12-23)21(26)18-5-3-2-4-6-18/h2-10,16H,11-15H2,1H3. The third-order valence-corrected chi connectivity index (χ3v) is 4.78. The predicted octanol–water partition coefficient (Wildman–Crippen LogP) is 2.99. The number of rotatable bonds is 4. The van der Waals surface area contributed by atoms with E-state index in [0.717, 1.165) is 5.56 Å². The Labute approximate surface area is 153 Å². The molecule has 136 valence electrons. The third-order valence-electron chi connectivity index (χ3n) is 4.78. The fraction of sp³-hybridized carbons (Fsp3) is 0.333. The van der Waals surface area contributed by atoms with Crippen molar-refractivity contribution in [3.05, 3.63) is 71.5 Å². The lowest BCUT2D eigenvalue weighted by Gasteiger charge is -2.36. The largest absolute Gasteiger partial charge is 0.339 e. The fourth-order valence-corrected chi connectivity index (χ4v) is 3.27. The van der Waals surface area contributed by atoms with Gasteiger partial charge >= 0.3 is 0 Å². The molecule has 1 aliphatic heterocycles. The van der Waals surface area contributed by atoms with Crippen LogP contribution in [0.4, 0.5) is 4.39 Å². The molecule has 1 fully saturated rings. The molecule has 3 rings (SSSR count). The van der Waals surface area contributed by atoms with Crippen molar-refractivity contribution in [1.82, 2.24) is 9.80 Å². The van der Waals surface area contributed by atoms with Crippen molar-refractivity contribution in [3.8, 4) is 0 Å². The molecule has 0 bridgehead atoms. The van der Waals surface area contributed by atoms with Gasteiger partial charge in [0.25, 0.3) is 5.91 Å². The van der Waals surface area contributed by atoms with Crippen molar-refractivity contribution < 1.29 is 14.0 Å². The van der Waals surface area contributed by atoms with Crippen molar-refractivity contribution in [2.24, 2.45) is 5.92 Å². The number of nitrogens with zero attached hydrogens (tertiary/aromatic N) is 2. The maximum atomic E-state index is 13.0. The van der Waals surface area contributed by atoms with Crippen LogP contribution in [0.2, 0.25) is 0 Å². The first-order chi connectivity index (χ1) is 12.5. The molecule has 5 heteroatoms. The van der Waals surface area contributed by atoms with Crippen molar-refractivity contribution >= 4 is 11.8 Å². The van der Waals surface area contributed by atoms with Gasteiger partial charge in [-0.3, -0.25) is 9.59 Å². The molecule has 1 aliphatic rings. The van der Waals surface area contributed by atoms with E-state index in [0.29, 0.717) is 38.2 Å². The quantitative estimate of drug-likeness (QED) is 0.847. The molecular weight excluding hydrogens is 331 g/mol. The van der Waals surface area contributed by atoms with Gasteiger partial charge in [-0.25, -0.2) is 4.39 Å². The average Bonchev–Trinajstić information content (AvgIpc) is 2.69. The smallest absolute Gasteiger partial charge is 0.253 e. The Morgan fingerprint density at radius 2 is 1.50 bits per heavy atom. The van der Waals surface area contributed by atoms with Crippen LogP contribution >= 0.6 is 0 Å². The van der Waals surface area contributed by atoms with E-state index in [1.54, 1.807) is 17.0 Å². The number of halogens is 1. The molecule has 0 spiro atoms. The molecule has 26 heavy (non-hydrogen) atoms. The van der Waals surface area contributed by atoms with Crippen LogP contribution in [0.15, 0.2) is 54.6 Å². The summed E-state index contributed by atoms with van der Waals surface area (Å²) in [5.41, 5.74) is 1.63. The zero-order valence-electron chi connectivity index (χ0n) is 14.9. The van der Waals surface area contributed by atoms with Gasteiger partial charge in [0.15, 0.2) is 0 Å². The van der Waals surface area contributed by atoms with E-state index < -0.39 is 0 Å². The van der Waals surface area contributed by atoms with Crippen LogP contribution in [0.5, 0.6) is 0 Å². The first kappa shape index (κ1) is 18.1. The van der Waals surface area contributed by atoms with Crippen LogP contribution in [0.1, 0.15) is 22.8 Å². The number of hydrogen-bond donors (Lipinski definition) is 0. The fourth-order valence-electron chi connectivity index (χ4n) is 3.27. The second kappa shape index (κ2) is 8.13. The van der Waals surface area contributed by atoms with Crippen molar-refractivity contribution in [1.29, 1.82) is 0 Å². The van der Waals surface area contributed by atoms with Gasteiger partial charge in [-0.05, 0) is 36.2 Å². The molecule has 2 amide bonds. The highest BCUT2D eigenvalue weighted by Gasteiger charge is 2.27. The molecule has 1 unspecified atom stereocenters. The molecule has 0 aromatic heterocycles. The number of piperazine rings is 1. The average molecular weight is 354 g/mol. The second-order valence-electron chi connectivity index (χ2n) is 6.72. The highest BCUT2D eigenvalue weighted by molar-refractivity contribution is 5.94. The molecule has 4 nitrogen and oxygen atoms in total. The number of carbonyl (C=O) groups excluding carboxylic acids is 2. The molecule has 0 N–H and O–H groups in total. The summed E-state index contributed by atoms with van der Waals surface area (Å²) in [5, 5.41) is 0. The lowest BCUT2D eigenvalue weighted by molar-refractivity contribution is -0.136. The summed E-state index contributed by atoms with van der Waals surface area (Å²) in [7, 11) is 0. The Hall–Kier alpha value is -2.69. The van der Waals surface area contributed by atoms with Crippen molar-refractivity contribution in [2.45, 2.75) is 13.3 Å². The van der Waals surface area contributed by atoms with Crippen molar-refractivity contribution in [2.75, 3.05) is 26.2 Å². The van der Waals surface area contributed by atoms with Crippen LogP contribution in [0.3, 0.4) is 0 Å². The summed E-state index contributed by atoms with van der Waals surface area (Å²) in [6, 6.07) is 15.5. The molecule has 1 heterocycles. The Kier molecular flexibility index (Phi) is 5.66. The normalized spacial score (nSPS) is 15.6. The second-order valence-corrected chi connectivity index (χ2v) is 6.72. The van der Waals surface area contributed by atoms with Gasteiger partial charge in [0.05, 0.1) is 0 Å². The molecule has 2 aromatic carbocycles. The van der Waals surface area contributed by atoms with Gasteiger partial charge in [-0.1, -0.05) is 37.3 Å². The van der Waals surface area contributed by atoms with Gasteiger partial charge in [0.1, 0.15) is 5.82 Å². The predicted molar refractivity (Wildman–Crippen MR) is 98.2 cm³/mol. The molecule has 0 saturated carbocycles. The van der Waals surface area contributed by atoms with Gasteiger partial charge in [0, 0.05) is 37.7 Å². The third kappa shape index (κ3) is 4.28. The summed E-state index contributed by atoms with van der Waals surface area (Å²) >= 11 is 0. The van der Waals surface area contributed by atoms with E-state index in [1.165, 1.54) is 12.1 Å². The Balaban J connectivity index is 1.53. The van der Waals surface area contributed by atoms with Crippen LogP contribution in [-0.2, 0) is 11.2 Å². The monoisotopic (exact) mass is 354 g/mol. The summed E-state index contributed by atoms with van der Waals surface area (Å²) in [5.74, 6) is -0.345. The van der Waals surface area contributed by atoms with Gasteiger partial charge in [-0.2, -0.15) is 0 Å². The topological polar surface area (TPSA) is 40.6 Å². The number of hydrogen-bond acceptors (Lipinski definition) is 2. The minimum Gasteiger partial charge on any atom is -0.339 e. The molecule has 1 saturated heterocycles. The summed E-state index contributed by atoms with van der Waals surface area (Å²) in [6.07, 6.45) is 0.586. The number of amides is 2. The first-order valence-corrected chi connectivity index (χ1v) is 8.92. The molecular formula is C21H23FN2O2. The van der Waals surface area contributed by atoms with E-state index in [4.69, 9.17) is 0 Å². The zero-order chi connectivity index (χ0) is 18.5. The SMILES string of the molecule is CC(Cc1ccc(F)cc1)C(=O)N1CCN(C(=O)c2ccccc2)CC1. The van der Waals surface area contributed by atoms with E-state index in [1.807, 2.05) is 42.2 Å². The summed E-state index contributed by atoms with van der Waals surface area (Å²) in [6.45, 7) is 4.08. The summed E-state index contributed by atoms with van der Waals surface area (Å²) in [4.78, 5) is 28.8. The van der Waals surface area contributed by atoms with Crippen molar-refractivity contribution in [3.63, 3.8) is 0 Å². The van der Waals surface area contributed by atoms with Gasteiger partial charge < -0.3 is 9.80 Å². The molecule has 0 aliphatic carbocycles. The molecule has 2 aromatic rings. The maximum absolute atomic E-state index is 13.0. The van der Waals surface area contributed by atoms with Crippen LogP contribution in [0, 0.1) is 11.7 Å². The highest BCUT2D eigenvalue weighted by atomic mass is 19.1. The van der Waals surface area contributed by atoms with Crippen LogP contribution in [0.25, 0.3) is 0 Å². The van der Waals surface area contributed by atoms with E-state index in [9.17, 15) is 14.0 Å². The lowest BCUT2D eigenvalue weighted by atomic mass is 9.99. The van der Waals surface area contributed by atoms with Crippen LogP contribution < -0.4 is 0 Å². The zero-order valence-corrected chi connectivity index (χ0v) is 14.9. The lowest BCUT2D eigenvalue weighted by Crippen LogP contribution is -2.51. The molecule has 0 radical (unpaired) electrons. The van der Waals surface area contributed by atoms with Gasteiger partial charge in [0.2, 0.25) is 5.91 Å². The Morgan fingerprint density at radius 1 is 0.923 bits per heavy atom. The first-order valence-electron chi connectivity index (χ1n) is 8.92. The minimum absolute atomic E-state index is 0.0112. The Morgan fingerprint density at radius 3 is 2.12 bits per heavy atom. The van der Waals surface area contributed by atoms with Gasteiger partial charge in [-0.15, -0.1) is 0 Å².